The predicted octanol–water partition coefficient (Wildman–Crippen LogP) is 3.95. The maximum absolute atomic E-state index is 6.07. The van der Waals surface area contributed by atoms with E-state index in [0.717, 1.165) is 45.1 Å². The molecule has 1 rings (SSSR count). The van der Waals surface area contributed by atoms with Crippen LogP contribution >= 0.6 is 0 Å². The third kappa shape index (κ3) is 6.04. The van der Waals surface area contributed by atoms with E-state index in [1.165, 1.54) is 0 Å². The quantitative estimate of drug-likeness (QED) is 0.538. The molecule has 0 fully saturated rings. The Morgan fingerprint density at radius 1 is 0.789 bits per heavy atom. The van der Waals surface area contributed by atoms with Crippen molar-refractivity contribution in [2.45, 2.75) is 46.1 Å². The minimum absolute atomic E-state index is 0.400. The first-order valence-corrected chi connectivity index (χ1v) is 9.46. The van der Waals surface area contributed by atoms with E-state index in [4.69, 9.17) is 13.3 Å². The standard InChI is InChI=1S/C15H28O3Si/c1-4-11-16-19(17-12-5-2,18-13-6-3)14-15-9-7-8-10-15/h7-10,15H,4-6,11-14H2,1-3H3. The van der Waals surface area contributed by atoms with Gasteiger partial charge in [-0.2, -0.15) is 0 Å². The fraction of sp³-hybridized carbons (Fsp3) is 0.733. The molecule has 3 nitrogen and oxygen atoms in total. The van der Waals surface area contributed by atoms with Crippen LogP contribution in [0, 0.1) is 5.92 Å². The predicted molar refractivity (Wildman–Crippen MR) is 81.1 cm³/mol. The van der Waals surface area contributed by atoms with Gasteiger partial charge in [0.15, 0.2) is 0 Å². The molecule has 19 heavy (non-hydrogen) atoms. The van der Waals surface area contributed by atoms with E-state index in [0.29, 0.717) is 5.92 Å². The molecule has 0 unspecified atom stereocenters. The molecule has 0 atom stereocenters. The number of hydrogen-bond acceptors (Lipinski definition) is 3. The molecule has 0 heterocycles. The van der Waals surface area contributed by atoms with Crippen molar-refractivity contribution < 1.29 is 13.3 Å². The summed E-state index contributed by atoms with van der Waals surface area (Å²) in [5.41, 5.74) is 0. The Kier molecular flexibility index (Phi) is 8.29. The lowest BCUT2D eigenvalue weighted by Gasteiger charge is -2.31. The van der Waals surface area contributed by atoms with Crippen LogP contribution in [0.5, 0.6) is 0 Å². The average molecular weight is 284 g/mol. The number of allylic oxidation sites excluding steroid dienone is 4. The summed E-state index contributed by atoms with van der Waals surface area (Å²) >= 11 is 0. The molecule has 0 radical (unpaired) electrons. The third-order valence-electron chi connectivity index (χ3n) is 2.89. The van der Waals surface area contributed by atoms with Gasteiger partial charge in [-0.05, 0) is 25.2 Å². The van der Waals surface area contributed by atoms with Gasteiger partial charge in [0.05, 0.1) is 0 Å². The summed E-state index contributed by atoms with van der Waals surface area (Å²) < 4.78 is 18.2. The van der Waals surface area contributed by atoms with Crippen molar-refractivity contribution in [2.24, 2.45) is 5.92 Å². The van der Waals surface area contributed by atoms with Crippen LogP contribution < -0.4 is 0 Å². The van der Waals surface area contributed by atoms with Gasteiger partial charge in [-0.1, -0.05) is 45.1 Å². The van der Waals surface area contributed by atoms with Crippen molar-refractivity contribution in [3.05, 3.63) is 24.3 Å². The number of hydrogen-bond donors (Lipinski definition) is 0. The van der Waals surface area contributed by atoms with Crippen molar-refractivity contribution in [1.82, 2.24) is 0 Å². The Hall–Kier alpha value is -0.423. The monoisotopic (exact) mass is 284 g/mol. The molecule has 0 bridgehead atoms. The van der Waals surface area contributed by atoms with Crippen LogP contribution in [0.15, 0.2) is 24.3 Å². The van der Waals surface area contributed by atoms with E-state index >= 15 is 0 Å². The van der Waals surface area contributed by atoms with Crippen LogP contribution in [0.25, 0.3) is 0 Å². The molecule has 0 amide bonds. The van der Waals surface area contributed by atoms with Crippen molar-refractivity contribution in [1.29, 1.82) is 0 Å². The summed E-state index contributed by atoms with van der Waals surface area (Å²) in [7, 11) is -2.53. The Morgan fingerprint density at radius 2 is 1.21 bits per heavy atom. The largest absolute Gasteiger partial charge is 0.501 e. The number of rotatable bonds is 11. The minimum atomic E-state index is -2.53. The highest BCUT2D eigenvalue weighted by atomic mass is 28.4. The van der Waals surface area contributed by atoms with Gasteiger partial charge in [0.2, 0.25) is 0 Å². The Balaban J connectivity index is 2.67. The fourth-order valence-corrected chi connectivity index (χ4v) is 4.98. The molecule has 0 spiro atoms. The van der Waals surface area contributed by atoms with Crippen LogP contribution in [0.3, 0.4) is 0 Å². The first-order valence-electron chi connectivity index (χ1n) is 7.53. The summed E-state index contributed by atoms with van der Waals surface area (Å²) in [5, 5.41) is 0. The third-order valence-corrected chi connectivity index (χ3v) is 5.79. The van der Waals surface area contributed by atoms with Gasteiger partial charge in [-0.3, -0.25) is 0 Å². The minimum Gasteiger partial charge on any atom is -0.373 e. The molecule has 4 heteroatoms. The molecule has 1 aliphatic rings. The molecule has 0 aromatic carbocycles. The molecule has 0 aromatic heterocycles. The summed E-state index contributed by atoms with van der Waals surface area (Å²) in [6, 6.07) is 0.861. The van der Waals surface area contributed by atoms with E-state index in [-0.39, 0.29) is 0 Å². The Labute approximate surface area is 119 Å². The van der Waals surface area contributed by atoms with Crippen LogP contribution in [0.2, 0.25) is 6.04 Å². The van der Waals surface area contributed by atoms with Gasteiger partial charge >= 0.3 is 8.80 Å². The molecule has 1 aliphatic carbocycles. The summed E-state index contributed by atoms with van der Waals surface area (Å²) in [6.45, 7) is 8.52. The van der Waals surface area contributed by atoms with Crippen LogP contribution in [0.4, 0.5) is 0 Å². The van der Waals surface area contributed by atoms with Crippen LogP contribution in [-0.2, 0) is 13.3 Å². The highest BCUT2D eigenvalue weighted by Crippen LogP contribution is 2.26. The van der Waals surface area contributed by atoms with Gasteiger partial charge in [0.25, 0.3) is 0 Å². The first kappa shape index (κ1) is 16.6. The van der Waals surface area contributed by atoms with Gasteiger partial charge in [-0.25, -0.2) is 0 Å². The molecule has 110 valence electrons. The second-order valence-electron chi connectivity index (χ2n) is 4.87. The SMILES string of the molecule is CCCO[Si](CC1C=CC=C1)(OCCC)OCCC. The summed E-state index contributed by atoms with van der Waals surface area (Å²) in [4.78, 5) is 0. The average Bonchev–Trinajstić information content (AvgIpc) is 2.93. The second kappa shape index (κ2) is 9.48. The lowest BCUT2D eigenvalue weighted by atomic mass is 10.2. The van der Waals surface area contributed by atoms with Crippen molar-refractivity contribution in [2.75, 3.05) is 19.8 Å². The van der Waals surface area contributed by atoms with Gasteiger partial charge in [0, 0.05) is 25.9 Å². The highest BCUT2D eigenvalue weighted by molar-refractivity contribution is 6.60. The Morgan fingerprint density at radius 3 is 1.58 bits per heavy atom. The molecule has 0 aromatic rings. The van der Waals surface area contributed by atoms with E-state index in [1.54, 1.807) is 0 Å². The van der Waals surface area contributed by atoms with Gasteiger partial charge < -0.3 is 13.3 Å². The second-order valence-corrected chi connectivity index (χ2v) is 7.51. The zero-order valence-corrected chi connectivity index (χ0v) is 13.6. The van der Waals surface area contributed by atoms with E-state index < -0.39 is 8.80 Å². The topological polar surface area (TPSA) is 27.7 Å². The Bertz CT molecular complexity index is 255. The molecule has 0 saturated carbocycles. The molecule has 0 aliphatic heterocycles. The first-order chi connectivity index (χ1) is 9.26. The summed E-state index contributed by atoms with van der Waals surface area (Å²) in [6.07, 6.45) is 11.6. The maximum Gasteiger partial charge on any atom is 0.501 e. The fourth-order valence-electron chi connectivity index (χ4n) is 1.98. The highest BCUT2D eigenvalue weighted by Gasteiger charge is 2.42. The van der Waals surface area contributed by atoms with Crippen LogP contribution in [-0.4, -0.2) is 28.6 Å². The summed E-state index contributed by atoms with van der Waals surface area (Å²) in [5.74, 6) is 0.400. The molecular formula is C15H28O3Si. The lowest BCUT2D eigenvalue weighted by molar-refractivity contribution is 0.0578. The zero-order chi connectivity index (χ0) is 14.0. The van der Waals surface area contributed by atoms with Crippen molar-refractivity contribution in [3.8, 4) is 0 Å². The van der Waals surface area contributed by atoms with Gasteiger partial charge in [-0.15, -0.1) is 0 Å². The maximum atomic E-state index is 6.07. The smallest absolute Gasteiger partial charge is 0.373 e. The molecule has 0 saturated heterocycles. The lowest BCUT2D eigenvalue weighted by Crippen LogP contribution is -2.47. The van der Waals surface area contributed by atoms with E-state index in [1.807, 2.05) is 0 Å². The van der Waals surface area contributed by atoms with Crippen molar-refractivity contribution >= 4 is 8.80 Å². The van der Waals surface area contributed by atoms with E-state index in [2.05, 4.69) is 45.1 Å². The van der Waals surface area contributed by atoms with Crippen LogP contribution in [0.1, 0.15) is 40.0 Å². The van der Waals surface area contributed by atoms with Gasteiger partial charge in [0.1, 0.15) is 0 Å². The zero-order valence-electron chi connectivity index (χ0n) is 12.6. The molecule has 0 N–H and O–H groups in total. The van der Waals surface area contributed by atoms with E-state index in [9.17, 15) is 0 Å². The molecular weight excluding hydrogens is 256 g/mol. The van der Waals surface area contributed by atoms with Crippen molar-refractivity contribution in [3.63, 3.8) is 0 Å². The normalized spacial score (nSPS) is 15.5.